The number of nitrogens with zero attached hydrogens (tertiary/aromatic N) is 1. The van der Waals surface area contributed by atoms with E-state index in [0.29, 0.717) is 13.0 Å². The van der Waals surface area contributed by atoms with E-state index >= 15 is 0 Å². The molecule has 3 aromatic rings. The number of aromatic nitrogens is 1. The zero-order chi connectivity index (χ0) is 22.3. The number of rotatable bonds is 9. The number of morpholine rings is 1. The summed E-state index contributed by atoms with van der Waals surface area (Å²) in [6.45, 7) is 7.25. The smallest absolute Gasteiger partial charge is 0.220 e. The summed E-state index contributed by atoms with van der Waals surface area (Å²) in [6.07, 6.45) is 4.18. The third-order valence-corrected chi connectivity index (χ3v) is 6.33. The van der Waals surface area contributed by atoms with Crippen molar-refractivity contribution in [2.75, 3.05) is 39.4 Å². The largest absolute Gasteiger partial charge is 0.379 e. The fourth-order valence-corrected chi connectivity index (χ4v) is 4.54. The van der Waals surface area contributed by atoms with Crippen molar-refractivity contribution in [2.24, 2.45) is 0 Å². The number of para-hydroxylation sites is 1. The lowest BCUT2D eigenvalue weighted by Gasteiger charge is -2.26. The molecule has 0 aliphatic carbocycles. The maximum Gasteiger partial charge on any atom is 0.220 e. The van der Waals surface area contributed by atoms with Gasteiger partial charge >= 0.3 is 0 Å². The van der Waals surface area contributed by atoms with Crippen LogP contribution in [0.1, 0.15) is 42.4 Å². The van der Waals surface area contributed by atoms with Crippen LogP contribution in [-0.2, 0) is 16.0 Å². The minimum absolute atomic E-state index is 0.0160. The van der Waals surface area contributed by atoms with Crippen LogP contribution in [0.5, 0.6) is 0 Å². The Kier molecular flexibility index (Phi) is 7.55. The maximum atomic E-state index is 13.6. The molecule has 1 fully saturated rings. The molecule has 32 heavy (non-hydrogen) atoms. The summed E-state index contributed by atoms with van der Waals surface area (Å²) in [5.41, 5.74) is 4.38. The summed E-state index contributed by atoms with van der Waals surface area (Å²) in [5.74, 6) is -0.398. The fraction of sp³-hybridized carbons (Fsp3) is 0.423. The van der Waals surface area contributed by atoms with Gasteiger partial charge in [-0.1, -0.05) is 37.3 Å². The lowest BCUT2D eigenvalue weighted by molar-refractivity contribution is -0.121. The van der Waals surface area contributed by atoms with Gasteiger partial charge in [-0.25, -0.2) is 4.39 Å². The number of aromatic amines is 1. The Bertz CT molecular complexity index is 1030. The average Bonchev–Trinajstić information content (AvgIpc) is 3.26. The van der Waals surface area contributed by atoms with Crippen LogP contribution in [0.25, 0.3) is 10.9 Å². The Morgan fingerprint density at radius 1 is 1.19 bits per heavy atom. The Labute approximate surface area is 189 Å². The number of H-pyrrole nitrogens is 1. The van der Waals surface area contributed by atoms with Gasteiger partial charge in [0.1, 0.15) is 5.82 Å². The number of amides is 1. The molecule has 0 bridgehead atoms. The van der Waals surface area contributed by atoms with Crippen molar-refractivity contribution in [1.29, 1.82) is 0 Å². The van der Waals surface area contributed by atoms with E-state index in [9.17, 15) is 9.18 Å². The highest BCUT2D eigenvalue weighted by atomic mass is 19.1. The second kappa shape index (κ2) is 10.7. The van der Waals surface area contributed by atoms with Gasteiger partial charge in [-0.05, 0) is 48.2 Å². The van der Waals surface area contributed by atoms with Gasteiger partial charge in [-0.3, -0.25) is 9.69 Å². The number of ether oxygens (including phenoxy) is 1. The molecule has 2 N–H and O–H groups in total. The van der Waals surface area contributed by atoms with Gasteiger partial charge in [-0.2, -0.15) is 0 Å². The Morgan fingerprint density at radius 3 is 2.72 bits per heavy atom. The highest BCUT2D eigenvalue weighted by Gasteiger charge is 2.22. The molecule has 1 aromatic heterocycles. The summed E-state index contributed by atoms with van der Waals surface area (Å²) in [5, 5.41) is 4.21. The molecule has 4 rings (SSSR count). The highest BCUT2D eigenvalue weighted by molar-refractivity contribution is 5.88. The van der Waals surface area contributed by atoms with Crippen LogP contribution >= 0.6 is 0 Å². The van der Waals surface area contributed by atoms with Gasteiger partial charge in [0.25, 0.3) is 0 Å². The molecule has 5 nitrogen and oxygen atoms in total. The topological polar surface area (TPSA) is 57.4 Å². The number of fused-ring (bicyclic) bond motifs is 1. The summed E-state index contributed by atoms with van der Waals surface area (Å²) in [7, 11) is 0. The average molecular weight is 438 g/mol. The van der Waals surface area contributed by atoms with Gasteiger partial charge in [0.05, 0.1) is 13.2 Å². The van der Waals surface area contributed by atoms with Crippen molar-refractivity contribution in [2.45, 2.75) is 32.1 Å². The number of carbonyl (C=O) groups excluding carboxylic acids is 1. The Morgan fingerprint density at radius 2 is 1.97 bits per heavy atom. The van der Waals surface area contributed by atoms with Crippen LogP contribution in [0.4, 0.5) is 4.39 Å². The number of carbonyl (C=O) groups is 1. The molecule has 0 spiro atoms. The fourth-order valence-electron chi connectivity index (χ4n) is 4.54. The SMILES string of the molecule is CCc1cccc2c(C(CC(=O)NCCCN3CCOCC3)c3ccc(F)cc3)c[nH]c12. The molecule has 1 aliphatic rings. The molecule has 2 heterocycles. The first kappa shape index (κ1) is 22.5. The van der Waals surface area contributed by atoms with Crippen molar-refractivity contribution in [1.82, 2.24) is 15.2 Å². The molecule has 1 aliphatic heterocycles. The Hall–Kier alpha value is -2.70. The van der Waals surface area contributed by atoms with Gasteiger partial charge in [-0.15, -0.1) is 0 Å². The van der Waals surface area contributed by atoms with Crippen molar-refractivity contribution in [3.8, 4) is 0 Å². The molecule has 0 radical (unpaired) electrons. The highest BCUT2D eigenvalue weighted by Crippen LogP contribution is 2.34. The van der Waals surface area contributed by atoms with E-state index < -0.39 is 0 Å². The predicted molar refractivity (Wildman–Crippen MR) is 125 cm³/mol. The van der Waals surface area contributed by atoms with Crippen LogP contribution in [0, 0.1) is 5.82 Å². The van der Waals surface area contributed by atoms with Gasteiger partial charge in [0.15, 0.2) is 0 Å². The second-order valence-corrected chi connectivity index (χ2v) is 8.40. The lowest BCUT2D eigenvalue weighted by atomic mass is 9.87. The minimum atomic E-state index is -0.271. The first-order valence-corrected chi connectivity index (χ1v) is 11.6. The molecule has 1 atom stereocenters. The number of hydrogen-bond acceptors (Lipinski definition) is 3. The van der Waals surface area contributed by atoms with E-state index in [0.717, 1.165) is 67.7 Å². The van der Waals surface area contributed by atoms with Gasteiger partial charge < -0.3 is 15.0 Å². The molecule has 0 saturated carbocycles. The second-order valence-electron chi connectivity index (χ2n) is 8.40. The molecular formula is C26H32FN3O2. The molecule has 1 amide bonds. The molecule has 6 heteroatoms. The summed E-state index contributed by atoms with van der Waals surface area (Å²) >= 11 is 0. The quantitative estimate of drug-likeness (QED) is 0.493. The van der Waals surface area contributed by atoms with Gasteiger partial charge in [0, 0.05) is 49.1 Å². The van der Waals surface area contributed by atoms with Crippen LogP contribution in [0.2, 0.25) is 0 Å². The number of hydrogen-bond donors (Lipinski definition) is 2. The van der Waals surface area contributed by atoms with Crippen molar-refractivity contribution in [3.05, 3.63) is 71.2 Å². The zero-order valence-electron chi connectivity index (χ0n) is 18.7. The van der Waals surface area contributed by atoms with Crippen LogP contribution < -0.4 is 5.32 Å². The maximum absolute atomic E-state index is 13.6. The third-order valence-electron chi connectivity index (χ3n) is 6.33. The van der Waals surface area contributed by atoms with E-state index in [1.807, 2.05) is 6.20 Å². The zero-order valence-corrected chi connectivity index (χ0v) is 18.7. The number of benzene rings is 2. The van der Waals surface area contributed by atoms with E-state index in [-0.39, 0.29) is 17.6 Å². The van der Waals surface area contributed by atoms with E-state index in [2.05, 4.69) is 40.3 Å². The number of aryl methyl sites for hydroxylation is 1. The predicted octanol–water partition coefficient (Wildman–Crippen LogP) is 4.23. The standard InChI is InChI=1S/C26H32FN3O2/c1-2-19-5-3-6-22-24(18-29-26(19)22)23(20-7-9-21(27)10-8-20)17-25(31)28-11-4-12-30-13-15-32-16-14-30/h3,5-10,18,23,29H,2,4,11-17H2,1H3,(H,28,31). The van der Waals surface area contributed by atoms with Crippen molar-refractivity contribution >= 4 is 16.8 Å². The molecular weight excluding hydrogens is 405 g/mol. The molecule has 1 saturated heterocycles. The van der Waals surface area contributed by atoms with Crippen LogP contribution in [0.3, 0.4) is 0 Å². The van der Waals surface area contributed by atoms with Crippen LogP contribution in [0.15, 0.2) is 48.7 Å². The Balaban J connectivity index is 1.47. The molecule has 1 unspecified atom stereocenters. The van der Waals surface area contributed by atoms with E-state index in [4.69, 9.17) is 4.74 Å². The minimum Gasteiger partial charge on any atom is -0.379 e. The summed E-state index contributed by atoms with van der Waals surface area (Å²) in [4.78, 5) is 18.6. The van der Waals surface area contributed by atoms with Crippen molar-refractivity contribution < 1.29 is 13.9 Å². The first-order valence-electron chi connectivity index (χ1n) is 11.6. The van der Waals surface area contributed by atoms with Crippen LogP contribution in [-0.4, -0.2) is 55.2 Å². The first-order chi connectivity index (χ1) is 15.7. The number of nitrogens with one attached hydrogen (secondary N) is 2. The van der Waals surface area contributed by atoms with E-state index in [1.165, 1.54) is 17.7 Å². The summed E-state index contributed by atoms with van der Waals surface area (Å²) < 4.78 is 18.9. The normalized spacial score (nSPS) is 15.7. The van der Waals surface area contributed by atoms with Gasteiger partial charge in [0.2, 0.25) is 5.91 Å². The monoisotopic (exact) mass is 437 g/mol. The molecule has 170 valence electrons. The summed E-state index contributed by atoms with van der Waals surface area (Å²) in [6, 6.07) is 12.8. The van der Waals surface area contributed by atoms with Crippen molar-refractivity contribution in [3.63, 3.8) is 0 Å². The third kappa shape index (κ3) is 5.37. The number of halogens is 1. The lowest BCUT2D eigenvalue weighted by Crippen LogP contribution is -2.38. The molecule has 2 aromatic carbocycles. The van der Waals surface area contributed by atoms with E-state index in [1.54, 1.807) is 12.1 Å².